The number of fused-ring (bicyclic) bond motifs is 1. The molecule has 0 fully saturated rings. The molecule has 5 nitrogen and oxygen atoms in total. The molecular weight excluding hydrogens is 254 g/mol. The van der Waals surface area contributed by atoms with Crippen LogP contribution in [0.3, 0.4) is 0 Å². The maximum Gasteiger partial charge on any atom is 0.410 e. The van der Waals surface area contributed by atoms with Gasteiger partial charge in [0.2, 0.25) is 0 Å². The fourth-order valence-corrected chi connectivity index (χ4v) is 2.17. The highest BCUT2D eigenvalue weighted by Crippen LogP contribution is 2.27. The van der Waals surface area contributed by atoms with Crippen LogP contribution in [0.2, 0.25) is 0 Å². The van der Waals surface area contributed by atoms with Crippen LogP contribution in [-0.2, 0) is 0 Å². The Bertz CT molecular complexity index is 793. The van der Waals surface area contributed by atoms with Crippen molar-refractivity contribution in [1.29, 1.82) is 0 Å². The van der Waals surface area contributed by atoms with Crippen LogP contribution in [0.1, 0.15) is 5.56 Å². The summed E-state index contributed by atoms with van der Waals surface area (Å²) in [5.74, 6) is 0.409. The molecule has 5 heteroatoms. The summed E-state index contributed by atoms with van der Waals surface area (Å²) in [6.07, 6.45) is 2.78. The van der Waals surface area contributed by atoms with Crippen LogP contribution in [0.4, 0.5) is 4.79 Å². The van der Waals surface area contributed by atoms with Crippen molar-refractivity contribution in [3.63, 3.8) is 0 Å². The molecule has 2 N–H and O–H groups in total. The van der Waals surface area contributed by atoms with E-state index in [0.29, 0.717) is 5.75 Å². The molecule has 0 aliphatic rings. The Balaban J connectivity index is 2.22. The van der Waals surface area contributed by atoms with Gasteiger partial charge in [-0.05, 0) is 42.8 Å². The first-order valence-electron chi connectivity index (χ1n) is 6.15. The number of carbonyl (C=O) groups is 1. The SMILES string of the molecule is Cc1ccc(OC(N)=O)c(-n2ccc3cccnc32)c1. The average molecular weight is 267 g/mol. The van der Waals surface area contributed by atoms with E-state index in [0.717, 1.165) is 22.3 Å². The summed E-state index contributed by atoms with van der Waals surface area (Å²) >= 11 is 0. The van der Waals surface area contributed by atoms with Gasteiger partial charge >= 0.3 is 6.09 Å². The van der Waals surface area contributed by atoms with Crippen LogP contribution in [0.15, 0.2) is 48.8 Å². The number of pyridine rings is 1. The van der Waals surface area contributed by atoms with Gasteiger partial charge in [-0.2, -0.15) is 0 Å². The molecule has 20 heavy (non-hydrogen) atoms. The van der Waals surface area contributed by atoms with E-state index >= 15 is 0 Å². The van der Waals surface area contributed by atoms with E-state index in [9.17, 15) is 4.79 Å². The van der Waals surface area contributed by atoms with Crippen molar-refractivity contribution in [1.82, 2.24) is 9.55 Å². The average Bonchev–Trinajstić information content (AvgIpc) is 2.84. The van der Waals surface area contributed by atoms with Crippen LogP contribution in [-0.4, -0.2) is 15.6 Å². The number of aryl methyl sites for hydroxylation is 1. The third kappa shape index (κ3) is 2.09. The van der Waals surface area contributed by atoms with Crippen molar-refractivity contribution in [3.05, 3.63) is 54.4 Å². The van der Waals surface area contributed by atoms with Crippen LogP contribution < -0.4 is 10.5 Å². The van der Waals surface area contributed by atoms with Crippen molar-refractivity contribution in [2.45, 2.75) is 6.92 Å². The molecule has 1 amide bonds. The highest BCUT2D eigenvalue weighted by Gasteiger charge is 2.11. The lowest BCUT2D eigenvalue weighted by atomic mass is 10.2. The quantitative estimate of drug-likeness (QED) is 0.776. The molecule has 1 aromatic carbocycles. The van der Waals surface area contributed by atoms with Crippen LogP contribution in [0.25, 0.3) is 16.7 Å². The van der Waals surface area contributed by atoms with Gasteiger partial charge in [0.25, 0.3) is 0 Å². The Hall–Kier alpha value is -2.82. The summed E-state index contributed by atoms with van der Waals surface area (Å²) in [4.78, 5) is 15.4. The monoisotopic (exact) mass is 267 g/mol. The summed E-state index contributed by atoms with van der Waals surface area (Å²) in [6, 6.07) is 11.3. The molecule has 3 rings (SSSR count). The predicted octanol–water partition coefficient (Wildman–Crippen LogP) is 2.79. The highest BCUT2D eigenvalue weighted by atomic mass is 16.5. The van der Waals surface area contributed by atoms with Gasteiger partial charge in [0, 0.05) is 17.8 Å². The van der Waals surface area contributed by atoms with Crippen molar-refractivity contribution in [3.8, 4) is 11.4 Å². The lowest BCUT2D eigenvalue weighted by Gasteiger charge is -2.11. The largest absolute Gasteiger partial charge is 0.410 e. The van der Waals surface area contributed by atoms with Crippen LogP contribution in [0.5, 0.6) is 5.75 Å². The minimum Gasteiger partial charge on any atom is -0.408 e. The van der Waals surface area contributed by atoms with E-state index in [1.165, 1.54) is 0 Å². The molecule has 3 aromatic rings. The summed E-state index contributed by atoms with van der Waals surface area (Å²) < 4.78 is 6.94. The molecule has 2 aromatic heterocycles. The maximum atomic E-state index is 11.0. The van der Waals surface area contributed by atoms with Crippen molar-refractivity contribution < 1.29 is 9.53 Å². The number of benzene rings is 1. The van der Waals surface area contributed by atoms with Gasteiger partial charge in [0.1, 0.15) is 5.65 Å². The first-order chi connectivity index (χ1) is 9.65. The molecule has 0 saturated carbocycles. The van der Waals surface area contributed by atoms with E-state index in [2.05, 4.69) is 4.98 Å². The number of primary amides is 1. The number of hydrogen-bond donors (Lipinski definition) is 1. The van der Waals surface area contributed by atoms with Crippen molar-refractivity contribution in [2.24, 2.45) is 5.73 Å². The van der Waals surface area contributed by atoms with Gasteiger partial charge in [-0.15, -0.1) is 0 Å². The molecular formula is C15H13N3O2. The minimum absolute atomic E-state index is 0.409. The van der Waals surface area contributed by atoms with E-state index < -0.39 is 6.09 Å². The molecule has 2 heterocycles. The first kappa shape index (κ1) is 12.2. The van der Waals surface area contributed by atoms with E-state index in [1.807, 2.05) is 48.0 Å². The zero-order valence-electron chi connectivity index (χ0n) is 10.9. The topological polar surface area (TPSA) is 70.1 Å². The van der Waals surface area contributed by atoms with Crippen molar-refractivity contribution in [2.75, 3.05) is 0 Å². The Morgan fingerprint density at radius 2 is 2.15 bits per heavy atom. The highest BCUT2D eigenvalue weighted by molar-refractivity contribution is 5.79. The summed E-state index contributed by atoms with van der Waals surface area (Å²) in [5, 5.41) is 1.01. The molecule has 0 radical (unpaired) electrons. The normalized spacial score (nSPS) is 10.7. The number of amides is 1. The second-order valence-electron chi connectivity index (χ2n) is 4.49. The molecule has 0 aliphatic carbocycles. The van der Waals surface area contributed by atoms with Crippen molar-refractivity contribution >= 4 is 17.1 Å². The van der Waals surface area contributed by atoms with Crippen LogP contribution in [0, 0.1) is 6.92 Å². The summed E-state index contributed by atoms with van der Waals surface area (Å²) in [7, 11) is 0. The Labute approximate surface area is 115 Å². The number of hydrogen-bond acceptors (Lipinski definition) is 3. The third-order valence-corrected chi connectivity index (χ3v) is 3.03. The molecule has 100 valence electrons. The summed E-state index contributed by atoms with van der Waals surface area (Å²) in [5.41, 5.74) is 7.69. The Morgan fingerprint density at radius 3 is 2.95 bits per heavy atom. The second kappa shape index (κ2) is 4.70. The van der Waals surface area contributed by atoms with Gasteiger partial charge in [0.05, 0.1) is 5.69 Å². The van der Waals surface area contributed by atoms with E-state index in [-0.39, 0.29) is 0 Å². The number of nitrogens with two attached hydrogens (primary N) is 1. The van der Waals surface area contributed by atoms with Crippen LogP contribution >= 0.6 is 0 Å². The maximum absolute atomic E-state index is 11.0. The zero-order valence-corrected chi connectivity index (χ0v) is 10.9. The Morgan fingerprint density at radius 1 is 1.30 bits per heavy atom. The molecule has 0 spiro atoms. The lowest BCUT2D eigenvalue weighted by molar-refractivity contribution is 0.211. The molecule has 0 aliphatic heterocycles. The molecule has 0 saturated heterocycles. The summed E-state index contributed by atoms with van der Waals surface area (Å²) in [6.45, 7) is 1.97. The standard InChI is InChI=1S/C15H13N3O2/c1-10-4-5-13(20-15(16)19)12(9-10)18-8-6-11-3-2-7-17-14(11)18/h2-9H,1H3,(H2,16,19). The number of nitrogens with zero attached hydrogens (tertiary/aromatic N) is 2. The fourth-order valence-electron chi connectivity index (χ4n) is 2.17. The van der Waals surface area contributed by atoms with Gasteiger partial charge in [-0.25, -0.2) is 9.78 Å². The fraction of sp³-hybridized carbons (Fsp3) is 0.0667. The first-order valence-corrected chi connectivity index (χ1v) is 6.15. The molecule has 0 atom stereocenters. The smallest absolute Gasteiger partial charge is 0.408 e. The van der Waals surface area contributed by atoms with Gasteiger partial charge in [0.15, 0.2) is 5.75 Å². The lowest BCUT2D eigenvalue weighted by Crippen LogP contribution is -2.17. The molecule has 0 unspecified atom stereocenters. The second-order valence-corrected chi connectivity index (χ2v) is 4.49. The number of ether oxygens (including phenoxy) is 1. The number of carbonyl (C=O) groups excluding carboxylic acids is 1. The predicted molar refractivity (Wildman–Crippen MR) is 76.0 cm³/mol. The number of aromatic nitrogens is 2. The minimum atomic E-state index is -0.834. The molecule has 0 bridgehead atoms. The zero-order chi connectivity index (χ0) is 14.1. The Kier molecular flexibility index (Phi) is 2.87. The number of rotatable bonds is 2. The van der Waals surface area contributed by atoms with Gasteiger partial charge in [-0.3, -0.25) is 4.57 Å². The van der Waals surface area contributed by atoms with Gasteiger partial charge < -0.3 is 10.5 Å². The van der Waals surface area contributed by atoms with E-state index in [4.69, 9.17) is 10.5 Å². The van der Waals surface area contributed by atoms with E-state index in [1.54, 1.807) is 12.3 Å². The van der Waals surface area contributed by atoms with Gasteiger partial charge in [-0.1, -0.05) is 6.07 Å². The third-order valence-electron chi connectivity index (χ3n) is 3.03.